The minimum Gasteiger partial charge on any atom is -0.497 e. The molecular formula is C16H17N3O4. The highest BCUT2D eigenvalue weighted by Crippen LogP contribution is 2.29. The molecule has 2 amide bonds. The quantitative estimate of drug-likeness (QED) is 0.820. The van der Waals surface area contributed by atoms with Crippen LogP contribution in [0.4, 0.5) is 0 Å². The minimum absolute atomic E-state index is 0.311. The molecule has 0 spiro atoms. The van der Waals surface area contributed by atoms with Gasteiger partial charge in [-0.15, -0.1) is 0 Å². The number of carbonyl (C=O) groups excluding carboxylic acids is 2. The van der Waals surface area contributed by atoms with Crippen molar-refractivity contribution in [3.63, 3.8) is 0 Å². The monoisotopic (exact) mass is 315 g/mol. The predicted octanol–water partition coefficient (Wildman–Crippen LogP) is 0.707. The third kappa shape index (κ3) is 2.90. The van der Waals surface area contributed by atoms with Crippen molar-refractivity contribution in [2.24, 2.45) is 5.73 Å². The summed E-state index contributed by atoms with van der Waals surface area (Å²) in [6.45, 7) is 0.311. The molecule has 2 heterocycles. The van der Waals surface area contributed by atoms with Crippen molar-refractivity contribution in [2.75, 3.05) is 13.7 Å². The van der Waals surface area contributed by atoms with Crippen molar-refractivity contribution in [1.29, 1.82) is 0 Å². The average Bonchev–Trinajstić information content (AvgIpc) is 2.98. The number of ether oxygens (including phenoxy) is 2. The van der Waals surface area contributed by atoms with Crippen LogP contribution >= 0.6 is 0 Å². The van der Waals surface area contributed by atoms with Gasteiger partial charge in [-0.25, -0.2) is 4.98 Å². The number of hydrogen-bond donors (Lipinski definition) is 1. The fraction of sp³-hybridized carbons (Fsp3) is 0.312. The Balaban J connectivity index is 1.85. The SMILES string of the molecule is COc1ccc2c(O[C@@H]3CC(C(N)=O)N(C=O)C3)nccc2c1. The third-order valence-corrected chi connectivity index (χ3v) is 3.98. The van der Waals surface area contributed by atoms with Gasteiger partial charge in [0.1, 0.15) is 17.9 Å². The van der Waals surface area contributed by atoms with Crippen molar-refractivity contribution in [3.8, 4) is 11.6 Å². The maximum absolute atomic E-state index is 11.4. The largest absolute Gasteiger partial charge is 0.497 e. The predicted molar refractivity (Wildman–Crippen MR) is 83.1 cm³/mol. The Morgan fingerprint density at radius 2 is 2.26 bits per heavy atom. The maximum atomic E-state index is 11.4. The number of hydrogen-bond acceptors (Lipinski definition) is 5. The Morgan fingerprint density at radius 3 is 2.91 bits per heavy atom. The van der Waals surface area contributed by atoms with E-state index in [1.54, 1.807) is 13.3 Å². The molecule has 7 heteroatoms. The number of benzene rings is 1. The Hall–Kier alpha value is -2.83. The minimum atomic E-state index is -0.632. The summed E-state index contributed by atoms with van der Waals surface area (Å²) in [4.78, 5) is 28.0. The van der Waals surface area contributed by atoms with E-state index >= 15 is 0 Å². The van der Waals surface area contributed by atoms with Gasteiger partial charge in [0.2, 0.25) is 18.2 Å². The molecule has 1 aromatic heterocycles. The van der Waals surface area contributed by atoms with E-state index in [1.165, 1.54) is 4.90 Å². The molecule has 2 aromatic rings. The molecule has 1 aromatic carbocycles. The summed E-state index contributed by atoms with van der Waals surface area (Å²) >= 11 is 0. The van der Waals surface area contributed by atoms with E-state index < -0.39 is 11.9 Å². The summed E-state index contributed by atoms with van der Waals surface area (Å²) < 4.78 is 11.1. The summed E-state index contributed by atoms with van der Waals surface area (Å²) in [5, 5.41) is 1.78. The molecule has 3 rings (SSSR count). The van der Waals surface area contributed by atoms with Gasteiger partial charge in [0.15, 0.2) is 0 Å². The molecule has 120 valence electrons. The Morgan fingerprint density at radius 1 is 1.43 bits per heavy atom. The van der Waals surface area contributed by atoms with E-state index in [0.29, 0.717) is 25.3 Å². The summed E-state index contributed by atoms with van der Waals surface area (Å²) in [5.74, 6) is 0.682. The summed E-state index contributed by atoms with van der Waals surface area (Å²) in [6, 6.07) is 6.82. The molecule has 2 atom stereocenters. The van der Waals surface area contributed by atoms with Gasteiger partial charge >= 0.3 is 0 Å². The van der Waals surface area contributed by atoms with Gasteiger partial charge < -0.3 is 20.1 Å². The number of likely N-dealkylation sites (tertiary alicyclic amines) is 1. The summed E-state index contributed by atoms with van der Waals surface area (Å²) in [5.41, 5.74) is 5.32. The van der Waals surface area contributed by atoms with E-state index in [0.717, 1.165) is 16.5 Å². The molecule has 0 aliphatic carbocycles. The fourth-order valence-corrected chi connectivity index (χ4v) is 2.81. The van der Waals surface area contributed by atoms with Gasteiger partial charge in [0, 0.05) is 18.0 Å². The van der Waals surface area contributed by atoms with Gasteiger partial charge in [-0.1, -0.05) is 0 Å². The lowest BCUT2D eigenvalue weighted by atomic mass is 10.1. The van der Waals surface area contributed by atoms with Crippen LogP contribution in [0.25, 0.3) is 10.8 Å². The van der Waals surface area contributed by atoms with E-state index in [-0.39, 0.29) is 6.10 Å². The molecule has 1 aliphatic rings. The first-order valence-electron chi connectivity index (χ1n) is 7.22. The van der Waals surface area contributed by atoms with E-state index in [4.69, 9.17) is 15.2 Å². The smallest absolute Gasteiger partial charge is 0.240 e. The van der Waals surface area contributed by atoms with Crippen LogP contribution in [0.2, 0.25) is 0 Å². The van der Waals surface area contributed by atoms with Crippen molar-refractivity contribution in [1.82, 2.24) is 9.88 Å². The summed E-state index contributed by atoms with van der Waals surface area (Å²) in [7, 11) is 1.61. The highest BCUT2D eigenvalue weighted by molar-refractivity contribution is 5.88. The third-order valence-electron chi connectivity index (χ3n) is 3.98. The second-order valence-corrected chi connectivity index (χ2v) is 5.40. The standard InChI is InChI=1S/C16H17N3O4/c1-22-11-2-3-13-10(6-11)4-5-18-16(13)23-12-7-14(15(17)21)19(8-12)9-20/h2-6,9,12,14H,7-8H2,1H3,(H2,17,21)/t12-,14?/m1/s1. The summed E-state index contributed by atoms with van der Waals surface area (Å²) in [6.07, 6.45) is 2.32. The molecule has 23 heavy (non-hydrogen) atoms. The Labute approximate surface area is 133 Å². The highest BCUT2D eigenvalue weighted by atomic mass is 16.5. The Bertz CT molecular complexity index is 749. The van der Waals surface area contributed by atoms with Crippen LogP contribution in [0.3, 0.4) is 0 Å². The van der Waals surface area contributed by atoms with E-state index in [2.05, 4.69) is 4.98 Å². The van der Waals surface area contributed by atoms with Crippen LogP contribution in [-0.4, -0.2) is 48.0 Å². The molecule has 2 N–H and O–H groups in total. The van der Waals surface area contributed by atoms with Crippen molar-refractivity contribution in [3.05, 3.63) is 30.5 Å². The number of amides is 2. The van der Waals surface area contributed by atoms with E-state index in [1.807, 2.05) is 24.3 Å². The van der Waals surface area contributed by atoms with Crippen LogP contribution < -0.4 is 15.2 Å². The van der Waals surface area contributed by atoms with Gasteiger partial charge in [-0.05, 0) is 29.7 Å². The maximum Gasteiger partial charge on any atom is 0.240 e. The molecule has 1 aliphatic heterocycles. The zero-order chi connectivity index (χ0) is 16.4. The van der Waals surface area contributed by atoms with E-state index in [9.17, 15) is 9.59 Å². The number of nitrogens with zero attached hydrogens (tertiary/aromatic N) is 2. The van der Waals surface area contributed by atoms with Crippen LogP contribution in [-0.2, 0) is 9.59 Å². The lowest BCUT2D eigenvalue weighted by Crippen LogP contribution is -2.39. The molecule has 0 bridgehead atoms. The number of aromatic nitrogens is 1. The lowest BCUT2D eigenvalue weighted by molar-refractivity contribution is -0.128. The van der Waals surface area contributed by atoms with Crippen molar-refractivity contribution in [2.45, 2.75) is 18.6 Å². The zero-order valence-corrected chi connectivity index (χ0v) is 12.6. The molecule has 1 saturated heterocycles. The van der Waals surface area contributed by atoms with Gasteiger partial charge in [0.05, 0.1) is 13.7 Å². The first-order valence-corrected chi connectivity index (χ1v) is 7.22. The average molecular weight is 315 g/mol. The zero-order valence-electron chi connectivity index (χ0n) is 12.6. The number of methoxy groups -OCH3 is 1. The number of fused-ring (bicyclic) bond motifs is 1. The molecule has 7 nitrogen and oxygen atoms in total. The van der Waals surface area contributed by atoms with Crippen LogP contribution in [0, 0.1) is 0 Å². The Kier molecular flexibility index (Phi) is 4.01. The topological polar surface area (TPSA) is 94.8 Å². The second kappa shape index (κ2) is 6.12. The lowest BCUT2D eigenvalue weighted by Gasteiger charge is -2.15. The number of rotatable bonds is 5. The number of pyridine rings is 1. The van der Waals surface area contributed by atoms with Gasteiger partial charge in [0.25, 0.3) is 0 Å². The van der Waals surface area contributed by atoms with Crippen LogP contribution in [0.5, 0.6) is 11.6 Å². The number of carbonyl (C=O) groups is 2. The van der Waals surface area contributed by atoms with Crippen molar-refractivity contribution < 1.29 is 19.1 Å². The second-order valence-electron chi connectivity index (χ2n) is 5.40. The molecular weight excluding hydrogens is 298 g/mol. The molecule has 0 saturated carbocycles. The highest BCUT2D eigenvalue weighted by Gasteiger charge is 2.36. The van der Waals surface area contributed by atoms with Crippen LogP contribution in [0.1, 0.15) is 6.42 Å². The normalized spacial score (nSPS) is 20.5. The fourth-order valence-electron chi connectivity index (χ4n) is 2.81. The first kappa shape index (κ1) is 15.1. The molecule has 0 radical (unpaired) electrons. The van der Waals surface area contributed by atoms with Crippen molar-refractivity contribution >= 4 is 23.1 Å². The number of primary amides is 1. The first-order chi connectivity index (χ1) is 11.1. The number of nitrogens with two attached hydrogens (primary N) is 1. The van der Waals surface area contributed by atoms with Crippen LogP contribution in [0.15, 0.2) is 30.5 Å². The molecule has 1 unspecified atom stereocenters. The van der Waals surface area contributed by atoms with Gasteiger partial charge in [-0.2, -0.15) is 0 Å². The van der Waals surface area contributed by atoms with Gasteiger partial charge in [-0.3, -0.25) is 9.59 Å². The molecule has 1 fully saturated rings.